The summed E-state index contributed by atoms with van der Waals surface area (Å²) in [5, 5.41) is 17.4. The molecule has 0 spiro atoms. The van der Waals surface area contributed by atoms with Gasteiger partial charge in [0.2, 0.25) is 0 Å². The molecule has 0 unspecified atom stereocenters. The number of sulfonamides is 1. The van der Waals surface area contributed by atoms with Crippen molar-refractivity contribution in [3.8, 4) is 17.3 Å². The number of hydrogen-bond donors (Lipinski definition) is 2. The molecular formula is C27H25N5O2S3. The molecular weight excluding hydrogens is 523 g/mol. The van der Waals surface area contributed by atoms with Gasteiger partial charge < -0.3 is 5.32 Å². The van der Waals surface area contributed by atoms with Gasteiger partial charge in [-0.1, -0.05) is 43.5 Å². The molecule has 1 saturated carbocycles. The van der Waals surface area contributed by atoms with Crippen molar-refractivity contribution in [3.63, 3.8) is 0 Å². The van der Waals surface area contributed by atoms with Crippen molar-refractivity contribution in [2.24, 2.45) is 0 Å². The molecule has 5 rings (SSSR count). The predicted molar refractivity (Wildman–Crippen MR) is 150 cm³/mol. The Hall–Kier alpha value is -3.52. The van der Waals surface area contributed by atoms with Crippen molar-refractivity contribution in [2.75, 3.05) is 10.0 Å². The minimum absolute atomic E-state index is 0.122. The molecule has 1 aliphatic carbocycles. The van der Waals surface area contributed by atoms with Gasteiger partial charge in [0.1, 0.15) is 16.6 Å². The summed E-state index contributed by atoms with van der Waals surface area (Å²) >= 11 is 2.63. The summed E-state index contributed by atoms with van der Waals surface area (Å²) in [4.78, 5) is 8.75. The van der Waals surface area contributed by atoms with Crippen LogP contribution in [0.1, 0.15) is 48.6 Å². The van der Waals surface area contributed by atoms with Crippen molar-refractivity contribution in [1.29, 1.82) is 5.26 Å². The predicted octanol–water partition coefficient (Wildman–Crippen LogP) is 7.09. The Labute approximate surface area is 224 Å². The fourth-order valence-corrected chi connectivity index (χ4v) is 6.95. The number of thiazole rings is 2. The number of rotatable bonds is 8. The van der Waals surface area contributed by atoms with Crippen LogP contribution >= 0.6 is 22.7 Å². The normalized spacial score (nSPS) is 14.7. The van der Waals surface area contributed by atoms with Crippen molar-refractivity contribution < 1.29 is 8.42 Å². The monoisotopic (exact) mass is 547 g/mol. The standard InChI is InChI=1S/C27H25N5O2S3/c28-16-22(17-30-23-10-12-24(13-11-23)37(33,34)32-27-29-14-15-35-27)26-31-25(18-36-26)21-8-6-20(7-9-21)19-4-2-1-3-5-19/h6-15,17-19,30H,1-5H2,(H,29,32)/b22-17+. The number of nitrogens with zero attached hydrogens (tertiary/aromatic N) is 3. The largest absolute Gasteiger partial charge is 0.360 e. The highest BCUT2D eigenvalue weighted by Gasteiger charge is 2.17. The molecule has 188 valence electrons. The van der Waals surface area contributed by atoms with E-state index in [2.05, 4.69) is 50.3 Å². The summed E-state index contributed by atoms with van der Waals surface area (Å²) < 4.78 is 27.4. The van der Waals surface area contributed by atoms with E-state index in [1.807, 2.05) is 5.38 Å². The Kier molecular flexibility index (Phi) is 7.65. The molecule has 1 fully saturated rings. The topological polar surface area (TPSA) is 108 Å². The summed E-state index contributed by atoms with van der Waals surface area (Å²) in [6.45, 7) is 0. The fourth-order valence-electron chi connectivity index (χ4n) is 4.37. The molecule has 4 aromatic rings. The Morgan fingerprint density at radius 1 is 1.03 bits per heavy atom. The molecule has 0 aliphatic heterocycles. The van der Waals surface area contributed by atoms with Gasteiger partial charge in [-0.05, 0) is 48.6 Å². The Bertz CT molecular complexity index is 1510. The lowest BCUT2D eigenvalue weighted by Crippen LogP contribution is -2.12. The third-order valence-electron chi connectivity index (χ3n) is 6.34. The summed E-state index contributed by atoms with van der Waals surface area (Å²) in [5.74, 6) is 0.663. The first-order valence-electron chi connectivity index (χ1n) is 12.0. The van der Waals surface area contributed by atoms with E-state index < -0.39 is 10.0 Å². The average Bonchev–Trinajstić information content (AvgIpc) is 3.63. The molecule has 0 saturated heterocycles. The van der Waals surface area contributed by atoms with Gasteiger partial charge in [0.15, 0.2) is 5.13 Å². The van der Waals surface area contributed by atoms with E-state index in [1.165, 1.54) is 78.7 Å². The van der Waals surface area contributed by atoms with Gasteiger partial charge in [-0.3, -0.25) is 4.72 Å². The lowest BCUT2D eigenvalue weighted by molar-refractivity contribution is 0.443. The van der Waals surface area contributed by atoms with Crippen LogP contribution in [-0.2, 0) is 10.0 Å². The number of benzene rings is 2. The van der Waals surface area contributed by atoms with Crippen molar-refractivity contribution in [2.45, 2.75) is 42.9 Å². The zero-order chi connectivity index (χ0) is 25.7. The zero-order valence-electron chi connectivity index (χ0n) is 19.9. The molecule has 2 aromatic heterocycles. The first kappa shape index (κ1) is 25.1. The molecule has 2 N–H and O–H groups in total. The second-order valence-electron chi connectivity index (χ2n) is 8.78. The number of aromatic nitrogens is 2. The molecule has 37 heavy (non-hydrogen) atoms. The highest BCUT2D eigenvalue weighted by Crippen LogP contribution is 2.34. The highest BCUT2D eigenvalue weighted by atomic mass is 32.2. The molecule has 0 atom stereocenters. The maximum absolute atomic E-state index is 12.5. The molecule has 0 amide bonds. The fraction of sp³-hybridized carbons (Fsp3) is 0.222. The van der Waals surface area contributed by atoms with E-state index in [0.717, 1.165) is 11.3 Å². The van der Waals surface area contributed by atoms with Crippen LogP contribution in [0, 0.1) is 11.3 Å². The number of allylic oxidation sites excluding steroid dienone is 1. The Morgan fingerprint density at radius 2 is 1.78 bits per heavy atom. The third kappa shape index (κ3) is 6.07. The van der Waals surface area contributed by atoms with Crippen molar-refractivity contribution >= 4 is 49.1 Å². The van der Waals surface area contributed by atoms with Crippen LogP contribution in [0.3, 0.4) is 0 Å². The van der Waals surface area contributed by atoms with Crippen LogP contribution in [0.4, 0.5) is 10.8 Å². The van der Waals surface area contributed by atoms with Gasteiger partial charge in [-0.25, -0.2) is 18.4 Å². The van der Waals surface area contributed by atoms with E-state index in [4.69, 9.17) is 0 Å². The molecule has 0 bridgehead atoms. The molecule has 2 heterocycles. The molecule has 7 nitrogen and oxygen atoms in total. The van der Waals surface area contributed by atoms with E-state index in [9.17, 15) is 13.7 Å². The van der Waals surface area contributed by atoms with Gasteiger partial charge in [0.25, 0.3) is 10.0 Å². The number of hydrogen-bond acceptors (Lipinski definition) is 8. The minimum atomic E-state index is -3.72. The number of nitrogens with one attached hydrogen (secondary N) is 2. The van der Waals surface area contributed by atoms with E-state index in [0.29, 0.717) is 27.3 Å². The first-order valence-corrected chi connectivity index (χ1v) is 15.2. The molecule has 0 radical (unpaired) electrons. The number of anilines is 2. The summed E-state index contributed by atoms with van der Waals surface area (Å²) in [7, 11) is -3.72. The second-order valence-corrected chi connectivity index (χ2v) is 12.2. The molecule has 1 aliphatic rings. The third-order valence-corrected chi connectivity index (χ3v) is 9.39. The van der Waals surface area contributed by atoms with Gasteiger partial charge >= 0.3 is 0 Å². The maximum atomic E-state index is 12.5. The summed E-state index contributed by atoms with van der Waals surface area (Å²) in [6.07, 6.45) is 9.63. The first-order chi connectivity index (χ1) is 18.0. The quantitative estimate of drug-likeness (QED) is 0.228. The van der Waals surface area contributed by atoms with Gasteiger partial charge in [0.05, 0.1) is 10.6 Å². The molecule has 2 aromatic carbocycles. The van der Waals surface area contributed by atoms with Gasteiger partial charge in [-0.15, -0.1) is 22.7 Å². The van der Waals surface area contributed by atoms with Crippen molar-refractivity contribution in [3.05, 3.63) is 82.3 Å². The SMILES string of the molecule is N#C/C(=C\Nc1ccc(S(=O)(=O)Nc2nccs2)cc1)c1nc(-c2ccc(C3CCCCC3)cc2)cs1. The zero-order valence-corrected chi connectivity index (χ0v) is 22.4. The lowest BCUT2D eigenvalue weighted by Gasteiger charge is -2.22. The van der Waals surface area contributed by atoms with Crippen LogP contribution in [0.5, 0.6) is 0 Å². The lowest BCUT2D eigenvalue weighted by atomic mass is 9.84. The van der Waals surface area contributed by atoms with Gasteiger partial charge in [-0.2, -0.15) is 5.26 Å². The summed E-state index contributed by atoms with van der Waals surface area (Å²) in [6, 6.07) is 17.1. The van der Waals surface area contributed by atoms with E-state index in [1.54, 1.807) is 23.7 Å². The van der Waals surface area contributed by atoms with Crippen LogP contribution in [0.2, 0.25) is 0 Å². The molecule has 10 heteroatoms. The van der Waals surface area contributed by atoms with E-state index >= 15 is 0 Å². The van der Waals surface area contributed by atoms with Crippen LogP contribution < -0.4 is 10.0 Å². The average molecular weight is 548 g/mol. The Balaban J connectivity index is 1.25. The smallest absolute Gasteiger partial charge is 0.263 e. The summed E-state index contributed by atoms with van der Waals surface area (Å²) in [5.41, 5.74) is 4.33. The Morgan fingerprint density at radius 3 is 2.46 bits per heavy atom. The van der Waals surface area contributed by atoms with E-state index in [-0.39, 0.29) is 4.90 Å². The second kappa shape index (κ2) is 11.3. The van der Waals surface area contributed by atoms with Crippen LogP contribution in [0.25, 0.3) is 16.8 Å². The maximum Gasteiger partial charge on any atom is 0.263 e. The number of nitriles is 1. The minimum Gasteiger partial charge on any atom is -0.360 e. The van der Waals surface area contributed by atoms with Gasteiger partial charge in [0, 0.05) is 34.4 Å². The van der Waals surface area contributed by atoms with Crippen LogP contribution in [-0.4, -0.2) is 18.4 Å². The van der Waals surface area contributed by atoms with Crippen LogP contribution in [0.15, 0.2) is 76.6 Å². The highest BCUT2D eigenvalue weighted by molar-refractivity contribution is 7.93. The van der Waals surface area contributed by atoms with Crippen molar-refractivity contribution in [1.82, 2.24) is 9.97 Å².